The van der Waals surface area contributed by atoms with E-state index >= 15 is 0 Å². The van der Waals surface area contributed by atoms with Crippen LogP contribution in [0.1, 0.15) is 44.9 Å². The van der Waals surface area contributed by atoms with Gasteiger partial charge in [-0.25, -0.2) is 0 Å². The Hall–Kier alpha value is -1.07. The monoisotopic (exact) mass is 289 g/mol. The maximum atomic E-state index is 13.2. The number of likely N-dealkylation sites (N-methyl/N-ethyl adjacent to an activating group) is 1. The summed E-state index contributed by atoms with van der Waals surface area (Å²) in [4.78, 5) is 0. The van der Waals surface area contributed by atoms with Crippen molar-refractivity contribution in [2.24, 2.45) is 0 Å². The van der Waals surface area contributed by atoms with Crippen LogP contribution in [0.2, 0.25) is 0 Å². The molecule has 0 amide bonds. The SMILES string of the molecule is CCNC(c1ccccc1C(F)(F)F)C(C)(C)OCC. The average molecular weight is 289 g/mol. The van der Waals surface area contributed by atoms with Gasteiger partial charge in [0.05, 0.1) is 17.2 Å². The number of nitrogens with one attached hydrogen (secondary N) is 1. The average Bonchev–Trinajstić information content (AvgIpc) is 2.34. The summed E-state index contributed by atoms with van der Waals surface area (Å²) in [6.45, 7) is 8.32. The lowest BCUT2D eigenvalue weighted by Crippen LogP contribution is -2.42. The standard InChI is InChI=1S/C15H22F3NO/c1-5-19-13(14(3,4)20-6-2)11-9-7-8-10-12(11)15(16,17)18/h7-10,13,19H,5-6H2,1-4H3. The fourth-order valence-corrected chi connectivity index (χ4v) is 2.40. The van der Waals surface area contributed by atoms with Gasteiger partial charge in [0, 0.05) is 6.61 Å². The van der Waals surface area contributed by atoms with Crippen molar-refractivity contribution in [3.8, 4) is 0 Å². The molecule has 1 aromatic carbocycles. The van der Waals surface area contributed by atoms with Crippen molar-refractivity contribution in [1.29, 1.82) is 0 Å². The van der Waals surface area contributed by atoms with Crippen LogP contribution in [-0.2, 0) is 10.9 Å². The molecule has 0 radical (unpaired) electrons. The van der Waals surface area contributed by atoms with Gasteiger partial charge in [0.2, 0.25) is 0 Å². The summed E-state index contributed by atoms with van der Waals surface area (Å²) in [6.07, 6.45) is -4.37. The zero-order valence-corrected chi connectivity index (χ0v) is 12.3. The predicted octanol–water partition coefficient (Wildman–Crippen LogP) is 4.17. The van der Waals surface area contributed by atoms with Crippen LogP contribution in [0, 0.1) is 0 Å². The molecule has 2 nitrogen and oxygen atoms in total. The smallest absolute Gasteiger partial charge is 0.374 e. The molecule has 0 saturated heterocycles. The summed E-state index contributed by atoms with van der Waals surface area (Å²) < 4.78 is 45.1. The van der Waals surface area contributed by atoms with Gasteiger partial charge < -0.3 is 10.1 Å². The number of ether oxygens (including phenoxy) is 1. The number of alkyl halides is 3. The summed E-state index contributed by atoms with van der Waals surface area (Å²) in [6, 6.07) is 5.13. The summed E-state index contributed by atoms with van der Waals surface area (Å²) >= 11 is 0. The minimum atomic E-state index is -4.37. The lowest BCUT2D eigenvalue weighted by atomic mass is 9.88. The molecule has 0 aromatic heterocycles. The molecule has 114 valence electrons. The van der Waals surface area contributed by atoms with Gasteiger partial charge in [0.15, 0.2) is 0 Å². The minimum absolute atomic E-state index is 0.223. The molecule has 5 heteroatoms. The van der Waals surface area contributed by atoms with Crippen molar-refractivity contribution in [2.75, 3.05) is 13.2 Å². The van der Waals surface area contributed by atoms with E-state index in [0.717, 1.165) is 6.07 Å². The van der Waals surface area contributed by atoms with Crippen molar-refractivity contribution < 1.29 is 17.9 Å². The Morgan fingerprint density at radius 1 is 1.15 bits per heavy atom. The van der Waals surface area contributed by atoms with E-state index in [0.29, 0.717) is 13.2 Å². The largest absolute Gasteiger partial charge is 0.416 e. The van der Waals surface area contributed by atoms with Gasteiger partial charge in [0.25, 0.3) is 0 Å². The van der Waals surface area contributed by atoms with Crippen LogP contribution in [0.4, 0.5) is 13.2 Å². The third kappa shape index (κ3) is 3.96. The molecule has 0 aliphatic carbocycles. The van der Waals surface area contributed by atoms with Crippen molar-refractivity contribution in [1.82, 2.24) is 5.32 Å². The summed E-state index contributed by atoms with van der Waals surface area (Å²) in [7, 11) is 0. The molecule has 1 aromatic rings. The van der Waals surface area contributed by atoms with Gasteiger partial charge in [-0.15, -0.1) is 0 Å². The molecule has 1 rings (SSSR count). The van der Waals surface area contributed by atoms with Crippen LogP contribution in [0.25, 0.3) is 0 Å². The zero-order chi connectivity index (χ0) is 15.4. The maximum Gasteiger partial charge on any atom is 0.416 e. The number of halogens is 3. The van der Waals surface area contributed by atoms with E-state index in [-0.39, 0.29) is 5.56 Å². The van der Waals surface area contributed by atoms with Gasteiger partial charge in [-0.3, -0.25) is 0 Å². The van der Waals surface area contributed by atoms with Gasteiger partial charge in [-0.2, -0.15) is 13.2 Å². The molecule has 0 heterocycles. The highest BCUT2D eigenvalue weighted by molar-refractivity contribution is 5.34. The second kappa shape index (κ2) is 6.59. The molecule has 1 atom stereocenters. The Kier molecular flexibility index (Phi) is 5.59. The molecule has 0 aliphatic rings. The molecule has 0 fully saturated rings. The second-order valence-electron chi connectivity index (χ2n) is 5.11. The van der Waals surface area contributed by atoms with Crippen LogP contribution in [-0.4, -0.2) is 18.8 Å². The van der Waals surface area contributed by atoms with Gasteiger partial charge in [0.1, 0.15) is 0 Å². The third-order valence-corrected chi connectivity index (χ3v) is 3.20. The number of hydrogen-bond acceptors (Lipinski definition) is 2. The maximum absolute atomic E-state index is 13.2. The van der Waals surface area contributed by atoms with E-state index in [4.69, 9.17) is 4.74 Å². The normalized spacial score (nSPS) is 14.3. The highest BCUT2D eigenvalue weighted by Crippen LogP contribution is 2.38. The van der Waals surface area contributed by atoms with E-state index in [9.17, 15) is 13.2 Å². The first-order valence-corrected chi connectivity index (χ1v) is 6.77. The highest BCUT2D eigenvalue weighted by Gasteiger charge is 2.39. The van der Waals surface area contributed by atoms with E-state index in [1.807, 2.05) is 13.8 Å². The molecular weight excluding hydrogens is 267 g/mol. The lowest BCUT2D eigenvalue weighted by molar-refractivity contribution is -0.139. The molecule has 0 saturated carbocycles. The lowest BCUT2D eigenvalue weighted by Gasteiger charge is -2.36. The van der Waals surface area contributed by atoms with Crippen molar-refractivity contribution >= 4 is 0 Å². The summed E-state index contributed by atoms with van der Waals surface area (Å²) in [5.41, 5.74) is -1.12. The first-order chi connectivity index (χ1) is 9.24. The predicted molar refractivity (Wildman–Crippen MR) is 73.6 cm³/mol. The van der Waals surface area contributed by atoms with Gasteiger partial charge in [-0.1, -0.05) is 25.1 Å². The molecule has 1 N–H and O–H groups in total. The Labute approximate surface area is 118 Å². The topological polar surface area (TPSA) is 21.3 Å². The fourth-order valence-electron chi connectivity index (χ4n) is 2.40. The number of hydrogen-bond donors (Lipinski definition) is 1. The minimum Gasteiger partial charge on any atom is -0.374 e. The van der Waals surface area contributed by atoms with Crippen molar-refractivity contribution in [3.05, 3.63) is 35.4 Å². The van der Waals surface area contributed by atoms with Gasteiger partial charge in [-0.05, 0) is 38.9 Å². The number of rotatable bonds is 6. The fraction of sp³-hybridized carbons (Fsp3) is 0.600. The van der Waals surface area contributed by atoms with Crippen LogP contribution in [0.3, 0.4) is 0 Å². The third-order valence-electron chi connectivity index (χ3n) is 3.20. The molecule has 0 aliphatic heterocycles. The van der Waals surface area contributed by atoms with Crippen LogP contribution in [0.5, 0.6) is 0 Å². The molecule has 0 bridgehead atoms. The molecule has 1 unspecified atom stereocenters. The Balaban J connectivity index is 3.29. The molecular formula is C15H22F3NO. The van der Waals surface area contributed by atoms with E-state index in [1.54, 1.807) is 19.9 Å². The van der Waals surface area contributed by atoms with Crippen molar-refractivity contribution in [3.63, 3.8) is 0 Å². The summed E-state index contributed by atoms with van der Waals surface area (Å²) in [5.74, 6) is 0. The van der Waals surface area contributed by atoms with Crippen LogP contribution in [0.15, 0.2) is 24.3 Å². The second-order valence-corrected chi connectivity index (χ2v) is 5.11. The van der Waals surface area contributed by atoms with Crippen LogP contribution >= 0.6 is 0 Å². The molecule has 0 spiro atoms. The Morgan fingerprint density at radius 2 is 1.75 bits per heavy atom. The molecule has 20 heavy (non-hydrogen) atoms. The zero-order valence-electron chi connectivity index (χ0n) is 12.3. The van der Waals surface area contributed by atoms with Crippen LogP contribution < -0.4 is 5.32 Å². The Bertz CT molecular complexity index is 429. The quantitative estimate of drug-likeness (QED) is 0.848. The highest BCUT2D eigenvalue weighted by atomic mass is 19.4. The number of benzene rings is 1. The first-order valence-electron chi connectivity index (χ1n) is 6.77. The van der Waals surface area contributed by atoms with E-state index < -0.39 is 23.4 Å². The van der Waals surface area contributed by atoms with E-state index in [1.165, 1.54) is 12.1 Å². The Morgan fingerprint density at radius 3 is 2.25 bits per heavy atom. The summed E-state index contributed by atoms with van der Waals surface area (Å²) in [5, 5.41) is 3.11. The van der Waals surface area contributed by atoms with Crippen molar-refractivity contribution in [2.45, 2.75) is 45.5 Å². The first kappa shape index (κ1) is 17.0. The van der Waals surface area contributed by atoms with Gasteiger partial charge >= 0.3 is 6.18 Å². The van der Waals surface area contributed by atoms with E-state index in [2.05, 4.69) is 5.32 Å².